The van der Waals surface area contributed by atoms with Gasteiger partial charge in [-0.2, -0.15) is 0 Å². The van der Waals surface area contributed by atoms with Crippen LogP contribution in [0.15, 0.2) is 103 Å². The maximum Gasteiger partial charge on any atom is 0.295 e. The number of rotatable bonds is 7. The number of Topliss-reactive ketones (excluding diaryl/α,β-unsaturated/α-hetero) is 1. The average molecular weight is 533 g/mol. The lowest BCUT2D eigenvalue weighted by Gasteiger charge is -2.25. The molecule has 1 aromatic heterocycles. The smallest absolute Gasteiger partial charge is 0.295 e. The van der Waals surface area contributed by atoms with E-state index in [1.54, 1.807) is 30.6 Å². The largest absolute Gasteiger partial charge is 0.507 e. The predicted molar refractivity (Wildman–Crippen MR) is 150 cm³/mol. The number of likely N-dealkylation sites (tertiary alicyclic amines) is 1. The molecule has 0 spiro atoms. The molecule has 1 saturated heterocycles. The van der Waals surface area contributed by atoms with Gasteiger partial charge >= 0.3 is 0 Å². The van der Waals surface area contributed by atoms with Crippen molar-refractivity contribution < 1.29 is 24.2 Å². The molecular formula is C33H28N2O5. The van der Waals surface area contributed by atoms with Gasteiger partial charge in [-0.25, -0.2) is 0 Å². The highest BCUT2D eigenvalue weighted by atomic mass is 16.5. The minimum absolute atomic E-state index is 0.0380. The van der Waals surface area contributed by atoms with E-state index in [4.69, 9.17) is 9.47 Å². The summed E-state index contributed by atoms with van der Waals surface area (Å²) in [5.41, 5.74) is 3.92. The molecule has 40 heavy (non-hydrogen) atoms. The molecule has 7 nitrogen and oxygen atoms in total. The van der Waals surface area contributed by atoms with Gasteiger partial charge in [0.2, 0.25) is 0 Å². The molecule has 0 bridgehead atoms. The van der Waals surface area contributed by atoms with Crippen molar-refractivity contribution in [2.24, 2.45) is 0 Å². The number of pyridine rings is 1. The molecule has 4 aromatic rings. The van der Waals surface area contributed by atoms with Crippen LogP contribution in [0.4, 0.5) is 0 Å². The van der Waals surface area contributed by atoms with E-state index in [1.807, 2.05) is 73.7 Å². The number of carbonyl (C=O) groups excluding carboxylic acids is 2. The molecule has 3 heterocycles. The fourth-order valence-electron chi connectivity index (χ4n) is 5.32. The number of amides is 1. The highest BCUT2D eigenvalue weighted by molar-refractivity contribution is 6.46. The first-order valence-electron chi connectivity index (χ1n) is 13.2. The fourth-order valence-corrected chi connectivity index (χ4v) is 5.32. The summed E-state index contributed by atoms with van der Waals surface area (Å²) in [7, 11) is 0. The molecule has 2 aliphatic rings. The van der Waals surface area contributed by atoms with Crippen molar-refractivity contribution in [2.75, 3.05) is 0 Å². The Balaban J connectivity index is 1.41. The van der Waals surface area contributed by atoms with Gasteiger partial charge in [-0.3, -0.25) is 14.6 Å². The number of ketones is 1. The van der Waals surface area contributed by atoms with E-state index < -0.39 is 17.7 Å². The molecule has 2 aliphatic heterocycles. The van der Waals surface area contributed by atoms with Gasteiger partial charge in [-0.05, 0) is 65.6 Å². The Morgan fingerprint density at radius 1 is 1.00 bits per heavy atom. The van der Waals surface area contributed by atoms with Crippen LogP contribution in [-0.2, 0) is 29.2 Å². The number of nitrogens with zero attached hydrogens (tertiary/aromatic N) is 2. The first kappa shape index (κ1) is 25.4. The maximum absolute atomic E-state index is 13.5. The monoisotopic (exact) mass is 532 g/mol. The Labute approximate surface area is 232 Å². The van der Waals surface area contributed by atoms with Crippen LogP contribution < -0.4 is 9.47 Å². The van der Waals surface area contributed by atoms with Crippen LogP contribution in [0.25, 0.3) is 5.76 Å². The summed E-state index contributed by atoms with van der Waals surface area (Å²) in [6.07, 6.45) is 4.06. The first-order valence-corrected chi connectivity index (χ1v) is 13.2. The maximum atomic E-state index is 13.5. The molecule has 1 N–H and O–H groups in total. The van der Waals surface area contributed by atoms with Crippen molar-refractivity contribution in [1.29, 1.82) is 0 Å². The Hall–Kier alpha value is -4.91. The molecule has 2 atom stereocenters. The Morgan fingerprint density at radius 2 is 1.82 bits per heavy atom. The number of aliphatic hydroxyl groups excluding tert-OH is 1. The number of hydrogen-bond acceptors (Lipinski definition) is 6. The first-order chi connectivity index (χ1) is 19.5. The lowest BCUT2D eigenvalue weighted by atomic mass is 9.94. The zero-order valence-electron chi connectivity index (χ0n) is 22.0. The standard InChI is InChI=1S/C33H28N2O5/c1-21-15-26-16-25(12-13-28(26)40-21)31(36)29-30(35(33(38)32(29)37)19-23-9-6-14-34-18-23)24-10-5-11-27(17-24)39-20-22-7-3-2-4-8-22/h2-14,16-18,21,30,36H,15,19-20H2,1H3/t21-,30+/m0/s1. The predicted octanol–water partition coefficient (Wildman–Crippen LogP) is 5.61. The van der Waals surface area contributed by atoms with Crippen LogP contribution >= 0.6 is 0 Å². The minimum Gasteiger partial charge on any atom is -0.507 e. The Kier molecular flexibility index (Phi) is 6.78. The van der Waals surface area contributed by atoms with Crippen LogP contribution in [0.2, 0.25) is 0 Å². The summed E-state index contributed by atoms with van der Waals surface area (Å²) < 4.78 is 11.8. The molecule has 1 fully saturated rings. The van der Waals surface area contributed by atoms with Crippen molar-refractivity contribution in [3.8, 4) is 11.5 Å². The van der Waals surface area contributed by atoms with Crippen molar-refractivity contribution in [3.63, 3.8) is 0 Å². The molecule has 0 saturated carbocycles. The summed E-state index contributed by atoms with van der Waals surface area (Å²) in [5.74, 6) is -0.260. The van der Waals surface area contributed by atoms with Crippen LogP contribution in [0.5, 0.6) is 11.5 Å². The second-order valence-corrected chi connectivity index (χ2v) is 10.1. The van der Waals surface area contributed by atoms with Gasteiger partial charge in [0.1, 0.15) is 30.0 Å². The molecule has 6 rings (SSSR count). The number of aromatic nitrogens is 1. The highest BCUT2D eigenvalue weighted by Gasteiger charge is 2.46. The van der Waals surface area contributed by atoms with E-state index in [1.165, 1.54) is 4.90 Å². The van der Waals surface area contributed by atoms with Crippen LogP contribution in [0.3, 0.4) is 0 Å². The summed E-state index contributed by atoms with van der Waals surface area (Å²) >= 11 is 0. The third kappa shape index (κ3) is 4.94. The molecule has 0 unspecified atom stereocenters. The Bertz CT molecular complexity index is 1600. The van der Waals surface area contributed by atoms with Crippen LogP contribution in [0.1, 0.15) is 40.8 Å². The van der Waals surface area contributed by atoms with E-state index in [0.29, 0.717) is 29.9 Å². The number of benzene rings is 3. The third-order valence-electron chi connectivity index (χ3n) is 7.21. The summed E-state index contributed by atoms with van der Waals surface area (Å²) in [6.45, 7) is 2.51. The van der Waals surface area contributed by atoms with Gasteiger partial charge in [0.05, 0.1) is 11.6 Å². The lowest BCUT2D eigenvalue weighted by Crippen LogP contribution is -2.29. The SMILES string of the molecule is C[C@H]1Cc2cc(C(O)=C3C(=O)C(=O)N(Cc4cccnc4)[C@@H]3c3cccc(OCc4ccccc4)c3)ccc2O1. The molecule has 0 radical (unpaired) electrons. The number of ether oxygens (including phenoxy) is 2. The number of aliphatic hydroxyl groups is 1. The van der Waals surface area contributed by atoms with Crippen molar-refractivity contribution in [1.82, 2.24) is 9.88 Å². The molecular weight excluding hydrogens is 504 g/mol. The topological polar surface area (TPSA) is 89.0 Å². The summed E-state index contributed by atoms with van der Waals surface area (Å²) in [5, 5.41) is 11.5. The van der Waals surface area contributed by atoms with Gasteiger partial charge < -0.3 is 19.5 Å². The van der Waals surface area contributed by atoms with E-state index >= 15 is 0 Å². The normalized spacial score (nSPS) is 19.4. The second kappa shape index (κ2) is 10.7. The lowest BCUT2D eigenvalue weighted by molar-refractivity contribution is -0.140. The molecule has 1 amide bonds. The second-order valence-electron chi connectivity index (χ2n) is 10.1. The highest BCUT2D eigenvalue weighted by Crippen LogP contribution is 2.42. The van der Waals surface area contributed by atoms with Crippen molar-refractivity contribution >= 4 is 17.4 Å². The molecule has 200 valence electrons. The van der Waals surface area contributed by atoms with Crippen molar-refractivity contribution in [3.05, 3.63) is 131 Å². The quantitative estimate of drug-likeness (QED) is 0.189. The van der Waals surface area contributed by atoms with Crippen LogP contribution in [-0.4, -0.2) is 32.8 Å². The van der Waals surface area contributed by atoms with Gasteiger partial charge in [-0.1, -0.05) is 48.5 Å². The number of carbonyl (C=O) groups is 2. The zero-order chi connectivity index (χ0) is 27.6. The Morgan fingerprint density at radius 3 is 2.62 bits per heavy atom. The molecule has 7 heteroatoms. The van der Waals surface area contributed by atoms with E-state index in [0.717, 1.165) is 22.4 Å². The van der Waals surface area contributed by atoms with Gasteiger partial charge in [-0.15, -0.1) is 0 Å². The van der Waals surface area contributed by atoms with Gasteiger partial charge in [0.25, 0.3) is 11.7 Å². The van der Waals surface area contributed by atoms with Gasteiger partial charge in [0.15, 0.2) is 0 Å². The van der Waals surface area contributed by atoms with Gasteiger partial charge in [0, 0.05) is 30.9 Å². The number of hydrogen-bond donors (Lipinski definition) is 1. The number of fused-ring (bicyclic) bond motifs is 1. The summed E-state index contributed by atoms with van der Waals surface area (Å²) in [4.78, 5) is 32.6. The van der Waals surface area contributed by atoms with Crippen molar-refractivity contribution in [2.45, 2.75) is 38.6 Å². The van der Waals surface area contributed by atoms with Crippen LogP contribution in [0, 0.1) is 0 Å². The van der Waals surface area contributed by atoms with E-state index in [-0.39, 0.29) is 24.0 Å². The molecule has 0 aliphatic carbocycles. The summed E-state index contributed by atoms with van der Waals surface area (Å²) in [6, 6.07) is 25.3. The van der Waals surface area contributed by atoms with E-state index in [9.17, 15) is 14.7 Å². The van der Waals surface area contributed by atoms with E-state index in [2.05, 4.69) is 4.98 Å². The zero-order valence-corrected chi connectivity index (χ0v) is 22.0. The third-order valence-corrected chi connectivity index (χ3v) is 7.21. The molecule has 3 aromatic carbocycles. The fraction of sp³-hybridized carbons (Fsp3) is 0.182. The average Bonchev–Trinajstić information content (AvgIpc) is 3.48. The minimum atomic E-state index is -0.816.